The van der Waals surface area contributed by atoms with Gasteiger partial charge in [0.25, 0.3) is 11.8 Å². The molecule has 0 radical (unpaired) electrons. The number of fused-ring (bicyclic) bond motifs is 1. The normalized spacial score (nSPS) is 21.3. The van der Waals surface area contributed by atoms with Crippen LogP contribution in [0.15, 0.2) is 48.5 Å². The number of benzene rings is 2. The van der Waals surface area contributed by atoms with Crippen molar-refractivity contribution in [1.29, 1.82) is 0 Å². The monoisotopic (exact) mass is 449 g/mol. The molecule has 1 aliphatic heterocycles. The molecule has 1 aromatic heterocycles. The van der Waals surface area contributed by atoms with Crippen LogP contribution in [0.25, 0.3) is 10.4 Å². The summed E-state index contributed by atoms with van der Waals surface area (Å²) >= 11 is 1.53. The van der Waals surface area contributed by atoms with Crippen molar-refractivity contribution in [1.82, 2.24) is 15.2 Å². The first-order chi connectivity index (χ1) is 15.4. The van der Waals surface area contributed by atoms with E-state index in [1.807, 2.05) is 43.0 Å². The van der Waals surface area contributed by atoms with Crippen molar-refractivity contribution in [2.24, 2.45) is 11.8 Å². The lowest BCUT2D eigenvalue weighted by Gasteiger charge is -2.27. The summed E-state index contributed by atoms with van der Waals surface area (Å²) in [5, 5.41) is 3.79. The largest absolute Gasteiger partial charge is 0.350 e. The van der Waals surface area contributed by atoms with Crippen molar-refractivity contribution in [2.45, 2.75) is 26.3 Å². The Morgan fingerprint density at radius 1 is 1.12 bits per heavy atom. The molecule has 32 heavy (non-hydrogen) atoms. The average Bonchev–Trinajstić information content (AvgIpc) is 3.30. The van der Waals surface area contributed by atoms with Gasteiger partial charge in [-0.2, -0.15) is 0 Å². The number of nitrogens with one attached hydrogen (secondary N) is 1. The van der Waals surface area contributed by atoms with Gasteiger partial charge in [-0.15, -0.1) is 11.3 Å². The van der Waals surface area contributed by atoms with Gasteiger partial charge in [-0.1, -0.05) is 29.8 Å². The van der Waals surface area contributed by atoms with Crippen LogP contribution in [0.4, 0.5) is 4.39 Å². The average molecular weight is 450 g/mol. The second-order valence-electron chi connectivity index (χ2n) is 8.68. The van der Waals surface area contributed by atoms with Crippen LogP contribution in [-0.2, 0) is 0 Å². The number of carbonyl (C=O) groups excluding carboxylic acids is 2. The standard InChI is InChI=1S/C25H24FN3O2S/c1-14-3-5-16(6-4-14)23-22(28-15(2)32-23)25(31)29-13-18-11-20(18)21(29)12-27-24(30)17-7-9-19(26)10-8-17/h3-10,18,20-21H,11-13H2,1-2H3,(H,27,30). The topological polar surface area (TPSA) is 62.3 Å². The molecule has 1 aliphatic carbocycles. The Morgan fingerprint density at radius 2 is 1.84 bits per heavy atom. The molecule has 1 saturated heterocycles. The highest BCUT2D eigenvalue weighted by Crippen LogP contribution is 2.50. The van der Waals surface area contributed by atoms with E-state index in [2.05, 4.69) is 10.3 Å². The van der Waals surface area contributed by atoms with Crippen LogP contribution in [0, 0.1) is 31.5 Å². The number of aryl methyl sites for hydroxylation is 2. The molecule has 3 aromatic rings. The number of hydrogen-bond donors (Lipinski definition) is 1. The first-order valence-corrected chi connectivity index (χ1v) is 11.6. The zero-order chi connectivity index (χ0) is 22.4. The number of amides is 2. The molecule has 2 heterocycles. The van der Waals surface area contributed by atoms with Crippen molar-refractivity contribution in [3.05, 3.63) is 76.2 Å². The Hall–Kier alpha value is -3.06. The molecule has 5 nitrogen and oxygen atoms in total. The summed E-state index contributed by atoms with van der Waals surface area (Å²) in [6.07, 6.45) is 1.09. The summed E-state index contributed by atoms with van der Waals surface area (Å²) in [7, 11) is 0. The van der Waals surface area contributed by atoms with Crippen LogP contribution < -0.4 is 5.32 Å². The molecule has 3 atom stereocenters. The highest BCUT2D eigenvalue weighted by Gasteiger charge is 2.54. The molecular formula is C25H24FN3O2S. The molecule has 0 bridgehead atoms. The first kappa shape index (κ1) is 20.8. The van der Waals surface area contributed by atoms with E-state index in [0.717, 1.165) is 21.9 Å². The van der Waals surface area contributed by atoms with Crippen LogP contribution in [0.3, 0.4) is 0 Å². The number of piperidine rings is 1. The molecule has 3 unspecified atom stereocenters. The van der Waals surface area contributed by atoms with Crippen LogP contribution in [0.1, 0.15) is 37.8 Å². The molecular weight excluding hydrogens is 425 g/mol. The zero-order valence-corrected chi connectivity index (χ0v) is 18.8. The van der Waals surface area contributed by atoms with E-state index in [4.69, 9.17) is 0 Å². The van der Waals surface area contributed by atoms with Gasteiger partial charge in [0.15, 0.2) is 0 Å². The molecule has 2 amide bonds. The van der Waals surface area contributed by atoms with Gasteiger partial charge in [-0.05, 0) is 61.9 Å². The highest BCUT2D eigenvalue weighted by atomic mass is 32.1. The summed E-state index contributed by atoms with van der Waals surface area (Å²) in [6, 6.07) is 13.6. The van der Waals surface area contributed by atoms with Crippen molar-refractivity contribution < 1.29 is 14.0 Å². The summed E-state index contributed by atoms with van der Waals surface area (Å²) in [6.45, 7) is 5.03. The van der Waals surface area contributed by atoms with E-state index < -0.39 is 0 Å². The number of carbonyl (C=O) groups is 2. The summed E-state index contributed by atoms with van der Waals surface area (Å²) in [5.41, 5.74) is 3.06. The van der Waals surface area contributed by atoms with Gasteiger partial charge in [-0.25, -0.2) is 9.37 Å². The lowest BCUT2D eigenvalue weighted by atomic mass is 10.1. The molecule has 0 spiro atoms. The van der Waals surface area contributed by atoms with Gasteiger partial charge in [-0.3, -0.25) is 9.59 Å². The third-order valence-corrected chi connectivity index (χ3v) is 7.41. The van der Waals surface area contributed by atoms with Crippen LogP contribution in [0.2, 0.25) is 0 Å². The number of nitrogens with zero attached hydrogens (tertiary/aromatic N) is 2. The predicted molar refractivity (Wildman–Crippen MR) is 122 cm³/mol. The van der Waals surface area contributed by atoms with Crippen molar-refractivity contribution in [2.75, 3.05) is 13.1 Å². The molecule has 1 saturated carbocycles. The first-order valence-electron chi connectivity index (χ1n) is 10.8. The third kappa shape index (κ3) is 3.93. The molecule has 164 valence electrons. The maximum absolute atomic E-state index is 13.6. The van der Waals surface area contributed by atoms with E-state index in [9.17, 15) is 14.0 Å². The Kier molecular flexibility index (Phi) is 5.29. The van der Waals surface area contributed by atoms with E-state index in [1.165, 1.54) is 41.2 Å². The van der Waals surface area contributed by atoms with E-state index in [-0.39, 0.29) is 23.7 Å². The molecule has 7 heteroatoms. The van der Waals surface area contributed by atoms with Gasteiger partial charge < -0.3 is 10.2 Å². The van der Waals surface area contributed by atoms with Crippen LogP contribution >= 0.6 is 11.3 Å². The molecule has 2 aromatic carbocycles. The number of thiazole rings is 1. The number of halogens is 1. The Labute approximate surface area is 190 Å². The maximum atomic E-state index is 13.6. The summed E-state index contributed by atoms with van der Waals surface area (Å²) in [4.78, 5) is 33.4. The van der Waals surface area contributed by atoms with Gasteiger partial charge >= 0.3 is 0 Å². The van der Waals surface area contributed by atoms with E-state index in [0.29, 0.717) is 36.2 Å². The van der Waals surface area contributed by atoms with Gasteiger partial charge in [0, 0.05) is 18.7 Å². The quantitative estimate of drug-likeness (QED) is 0.626. The number of rotatable bonds is 5. The number of hydrogen-bond acceptors (Lipinski definition) is 4. The third-order valence-electron chi connectivity index (χ3n) is 6.39. The maximum Gasteiger partial charge on any atom is 0.274 e. The van der Waals surface area contributed by atoms with Crippen LogP contribution in [-0.4, -0.2) is 40.8 Å². The summed E-state index contributed by atoms with van der Waals surface area (Å²) < 4.78 is 13.1. The Morgan fingerprint density at radius 3 is 2.56 bits per heavy atom. The van der Waals surface area contributed by atoms with Crippen molar-refractivity contribution in [3.63, 3.8) is 0 Å². The SMILES string of the molecule is Cc1ccc(-c2sc(C)nc2C(=O)N2CC3CC3C2CNC(=O)c2ccc(F)cc2)cc1. The molecule has 2 aliphatic rings. The Bertz CT molecular complexity index is 1170. The number of aromatic nitrogens is 1. The fourth-order valence-corrected chi connectivity index (χ4v) is 5.49. The fourth-order valence-electron chi connectivity index (χ4n) is 4.58. The van der Waals surface area contributed by atoms with Gasteiger partial charge in [0.05, 0.1) is 15.9 Å². The molecule has 2 fully saturated rings. The van der Waals surface area contributed by atoms with Gasteiger partial charge in [0.2, 0.25) is 0 Å². The fraction of sp³-hybridized carbons (Fsp3) is 0.320. The smallest absolute Gasteiger partial charge is 0.274 e. The van der Waals surface area contributed by atoms with Crippen molar-refractivity contribution >= 4 is 23.2 Å². The second-order valence-corrected chi connectivity index (χ2v) is 9.88. The van der Waals surface area contributed by atoms with E-state index in [1.54, 1.807) is 0 Å². The van der Waals surface area contributed by atoms with Gasteiger partial charge in [0.1, 0.15) is 11.5 Å². The lowest BCUT2D eigenvalue weighted by molar-refractivity contribution is 0.0690. The lowest BCUT2D eigenvalue weighted by Crippen LogP contribution is -2.45. The van der Waals surface area contributed by atoms with Crippen molar-refractivity contribution in [3.8, 4) is 10.4 Å². The second kappa shape index (κ2) is 8.13. The minimum absolute atomic E-state index is 0.0511. The Balaban J connectivity index is 1.34. The van der Waals surface area contributed by atoms with Crippen LogP contribution in [0.5, 0.6) is 0 Å². The number of likely N-dealkylation sites (tertiary alicyclic amines) is 1. The minimum atomic E-state index is -0.377. The minimum Gasteiger partial charge on any atom is -0.350 e. The molecule has 5 rings (SSSR count). The van der Waals surface area contributed by atoms with E-state index >= 15 is 0 Å². The highest BCUT2D eigenvalue weighted by molar-refractivity contribution is 7.15. The molecule has 1 N–H and O–H groups in total. The summed E-state index contributed by atoms with van der Waals surface area (Å²) in [5.74, 6) is 0.201. The zero-order valence-electron chi connectivity index (χ0n) is 18.0. The predicted octanol–water partition coefficient (Wildman–Crippen LogP) is 4.46.